The van der Waals surface area contributed by atoms with Gasteiger partial charge in [-0.3, -0.25) is 10.1 Å². The molecule has 3 rings (SSSR count). The first-order valence-corrected chi connectivity index (χ1v) is 8.66. The minimum atomic E-state index is -0.537. The van der Waals surface area contributed by atoms with Crippen molar-refractivity contribution in [1.82, 2.24) is 9.97 Å². The summed E-state index contributed by atoms with van der Waals surface area (Å²) in [4.78, 5) is 19.2. The van der Waals surface area contributed by atoms with E-state index < -0.39 is 4.92 Å². The quantitative estimate of drug-likeness (QED) is 0.413. The first kappa shape index (κ1) is 18.9. The Balaban J connectivity index is 1.99. The van der Waals surface area contributed by atoms with Crippen LogP contribution in [0.2, 0.25) is 10.0 Å². The van der Waals surface area contributed by atoms with Crippen molar-refractivity contribution in [3.8, 4) is 0 Å². The van der Waals surface area contributed by atoms with Crippen LogP contribution in [0.1, 0.15) is 11.1 Å². The minimum Gasteiger partial charge on any atom is -0.334 e. The lowest BCUT2D eigenvalue weighted by Crippen LogP contribution is -2.05. The van der Waals surface area contributed by atoms with Gasteiger partial charge < -0.3 is 10.6 Å². The van der Waals surface area contributed by atoms with Gasteiger partial charge in [-0.05, 0) is 55.3 Å². The molecule has 0 radical (unpaired) electrons. The average Bonchev–Trinajstić information content (AvgIpc) is 2.57. The molecule has 0 unspecified atom stereocenters. The Morgan fingerprint density at radius 1 is 0.889 bits per heavy atom. The van der Waals surface area contributed by atoms with E-state index in [1.54, 1.807) is 18.2 Å². The number of aromatic nitrogens is 2. The highest BCUT2D eigenvalue weighted by Gasteiger charge is 2.23. The molecule has 9 heteroatoms. The van der Waals surface area contributed by atoms with Crippen LogP contribution in [-0.2, 0) is 0 Å². The molecule has 0 bridgehead atoms. The van der Waals surface area contributed by atoms with E-state index in [1.807, 2.05) is 32.0 Å². The Morgan fingerprint density at radius 3 is 2.04 bits per heavy atom. The lowest BCUT2D eigenvalue weighted by molar-refractivity contribution is -0.383. The summed E-state index contributed by atoms with van der Waals surface area (Å²) in [5, 5.41) is 18.3. The summed E-state index contributed by atoms with van der Waals surface area (Å²) in [6.07, 6.45) is 1.25. The van der Waals surface area contributed by atoms with Gasteiger partial charge in [0.1, 0.15) is 6.33 Å². The summed E-state index contributed by atoms with van der Waals surface area (Å²) < 4.78 is 0. The second kappa shape index (κ2) is 7.77. The normalized spacial score (nSPS) is 10.5. The second-order valence-electron chi connectivity index (χ2n) is 5.93. The van der Waals surface area contributed by atoms with E-state index in [2.05, 4.69) is 20.6 Å². The van der Waals surface area contributed by atoms with E-state index in [4.69, 9.17) is 23.2 Å². The molecule has 0 amide bonds. The molecule has 27 heavy (non-hydrogen) atoms. The predicted octanol–water partition coefficient (Wildman–Crippen LogP) is 5.80. The molecule has 0 saturated heterocycles. The van der Waals surface area contributed by atoms with Gasteiger partial charge in [-0.1, -0.05) is 29.3 Å². The van der Waals surface area contributed by atoms with Gasteiger partial charge in [-0.15, -0.1) is 0 Å². The van der Waals surface area contributed by atoms with Crippen LogP contribution in [0.25, 0.3) is 0 Å². The van der Waals surface area contributed by atoms with Crippen LogP contribution in [0.15, 0.2) is 42.7 Å². The smallest absolute Gasteiger partial charge is 0.334 e. The number of halogens is 2. The number of nitrogens with one attached hydrogen (secondary N) is 2. The van der Waals surface area contributed by atoms with Crippen molar-refractivity contribution in [2.45, 2.75) is 13.8 Å². The van der Waals surface area contributed by atoms with E-state index in [9.17, 15) is 10.1 Å². The maximum absolute atomic E-state index is 11.7. The molecule has 2 N–H and O–H groups in total. The molecular formula is C18H15Cl2N5O2. The molecule has 0 saturated carbocycles. The average molecular weight is 404 g/mol. The molecule has 7 nitrogen and oxygen atoms in total. The zero-order chi connectivity index (χ0) is 19.6. The molecule has 0 fully saturated rings. The highest BCUT2D eigenvalue weighted by atomic mass is 35.5. The highest BCUT2D eigenvalue weighted by Crippen LogP contribution is 2.34. The van der Waals surface area contributed by atoms with Crippen LogP contribution in [0.3, 0.4) is 0 Å². The molecule has 2 aromatic carbocycles. The maximum atomic E-state index is 11.7. The van der Waals surface area contributed by atoms with Gasteiger partial charge in [0, 0.05) is 11.4 Å². The Morgan fingerprint density at radius 2 is 1.48 bits per heavy atom. The maximum Gasteiger partial charge on any atom is 0.353 e. The van der Waals surface area contributed by atoms with Crippen LogP contribution >= 0.6 is 23.2 Å². The number of aryl methyl sites for hydroxylation is 2. The van der Waals surface area contributed by atoms with Crippen molar-refractivity contribution < 1.29 is 4.92 Å². The molecule has 138 valence electrons. The van der Waals surface area contributed by atoms with E-state index in [0.29, 0.717) is 21.4 Å². The number of hydrogen-bond acceptors (Lipinski definition) is 6. The molecule has 3 aromatic rings. The summed E-state index contributed by atoms with van der Waals surface area (Å²) in [6, 6.07) is 10.6. The first-order chi connectivity index (χ1) is 12.8. The van der Waals surface area contributed by atoms with Gasteiger partial charge in [0.15, 0.2) is 0 Å². The van der Waals surface area contributed by atoms with Crippen LogP contribution in [0, 0.1) is 24.0 Å². The Labute approximate surface area is 165 Å². The van der Waals surface area contributed by atoms with Gasteiger partial charge in [-0.25, -0.2) is 9.97 Å². The minimum absolute atomic E-state index is 0.0419. The number of rotatable bonds is 5. The zero-order valence-corrected chi connectivity index (χ0v) is 16.0. The second-order valence-corrected chi connectivity index (χ2v) is 6.75. The van der Waals surface area contributed by atoms with Crippen molar-refractivity contribution in [2.75, 3.05) is 10.6 Å². The zero-order valence-electron chi connectivity index (χ0n) is 14.5. The monoisotopic (exact) mass is 403 g/mol. The van der Waals surface area contributed by atoms with Crippen LogP contribution in [-0.4, -0.2) is 14.9 Å². The number of hydrogen-bond donors (Lipinski definition) is 2. The van der Waals surface area contributed by atoms with Crippen molar-refractivity contribution in [3.63, 3.8) is 0 Å². The topological polar surface area (TPSA) is 93.0 Å². The van der Waals surface area contributed by atoms with Crippen LogP contribution in [0.4, 0.5) is 28.7 Å². The third-order valence-corrected chi connectivity index (χ3v) is 4.41. The summed E-state index contributed by atoms with van der Waals surface area (Å²) in [7, 11) is 0. The Kier molecular flexibility index (Phi) is 5.43. The number of anilines is 4. The van der Waals surface area contributed by atoms with Crippen LogP contribution in [0.5, 0.6) is 0 Å². The molecule has 0 aliphatic carbocycles. The van der Waals surface area contributed by atoms with Crippen molar-refractivity contribution in [3.05, 3.63) is 74.0 Å². The van der Waals surface area contributed by atoms with Gasteiger partial charge >= 0.3 is 5.69 Å². The standard InChI is InChI=1S/C18H15Cl2N5O2/c1-10-5-11(2)7-13(6-10)24-18-16(25(26)27)17(21-9-22-18)23-12-3-4-14(19)15(20)8-12/h3-9H,1-2H3,(H2,21,22,23,24). The number of nitrogens with zero attached hydrogens (tertiary/aromatic N) is 3. The highest BCUT2D eigenvalue weighted by molar-refractivity contribution is 6.42. The van der Waals surface area contributed by atoms with E-state index in [-0.39, 0.29) is 17.3 Å². The molecule has 1 heterocycles. The van der Waals surface area contributed by atoms with E-state index in [0.717, 1.165) is 11.1 Å². The SMILES string of the molecule is Cc1cc(C)cc(Nc2ncnc(Nc3ccc(Cl)c(Cl)c3)c2[N+](=O)[O-])c1. The summed E-state index contributed by atoms with van der Waals surface area (Å²) in [5.74, 6) is 0.128. The van der Waals surface area contributed by atoms with Gasteiger partial charge in [0.05, 0.1) is 15.0 Å². The van der Waals surface area contributed by atoms with Crippen molar-refractivity contribution >= 4 is 51.9 Å². The molecular weight excluding hydrogens is 389 g/mol. The fourth-order valence-corrected chi connectivity index (χ4v) is 2.93. The van der Waals surface area contributed by atoms with E-state index >= 15 is 0 Å². The van der Waals surface area contributed by atoms with Crippen LogP contribution < -0.4 is 10.6 Å². The van der Waals surface area contributed by atoms with Crippen molar-refractivity contribution in [2.24, 2.45) is 0 Å². The number of nitro groups is 1. The van der Waals surface area contributed by atoms with Gasteiger partial charge in [0.2, 0.25) is 11.6 Å². The lowest BCUT2D eigenvalue weighted by Gasteiger charge is -2.11. The van der Waals surface area contributed by atoms with Crippen molar-refractivity contribution in [1.29, 1.82) is 0 Å². The van der Waals surface area contributed by atoms with E-state index in [1.165, 1.54) is 6.33 Å². The third kappa shape index (κ3) is 4.45. The number of benzene rings is 2. The largest absolute Gasteiger partial charge is 0.353 e. The fraction of sp³-hybridized carbons (Fsp3) is 0.111. The molecule has 0 aliphatic heterocycles. The lowest BCUT2D eigenvalue weighted by atomic mass is 10.1. The molecule has 0 spiro atoms. The molecule has 0 aliphatic rings. The first-order valence-electron chi connectivity index (χ1n) is 7.90. The Hall–Kier alpha value is -2.90. The third-order valence-electron chi connectivity index (χ3n) is 3.67. The summed E-state index contributed by atoms with van der Waals surface area (Å²) in [6.45, 7) is 3.90. The van der Waals surface area contributed by atoms with Gasteiger partial charge in [-0.2, -0.15) is 0 Å². The molecule has 0 atom stereocenters. The predicted molar refractivity (Wildman–Crippen MR) is 108 cm³/mol. The summed E-state index contributed by atoms with van der Waals surface area (Å²) >= 11 is 11.9. The molecule has 1 aromatic heterocycles. The van der Waals surface area contributed by atoms with Gasteiger partial charge in [0.25, 0.3) is 0 Å². The fourth-order valence-electron chi connectivity index (χ4n) is 2.63. The Bertz CT molecular complexity index is 1010. The summed E-state index contributed by atoms with van der Waals surface area (Å²) in [5.41, 5.74) is 3.01.